The molecule has 1 aromatic carbocycles. The van der Waals surface area contributed by atoms with Crippen molar-refractivity contribution in [3.63, 3.8) is 0 Å². The van der Waals surface area contributed by atoms with E-state index in [0.29, 0.717) is 6.54 Å². The van der Waals surface area contributed by atoms with Crippen LogP contribution in [0.15, 0.2) is 18.2 Å². The zero-order valence-electron chi connectivity index (χ0n) is 8.93. The van der Waals surface area contributed by atoms with E-state index in [-0.39, 0.29) is 12.7 Å². The van der Waals surface area contributed by atoms with Crippen molar-refractivity contribution in [2.24, 2.45) is 0 Å². The van der Waals surface area contributed by atoms with Gasteiger partial charge in [0.05, 0.1) is 25.9 Å². The van der Waals surface area contributed by atoms with Crippen molar-refractivity contribution in [1.29, 1.82) is 0 Å². The van der Waals surface area contributed by atoms with Crippen LogP contribution in [0.3, 0.4) is 0 Å². The van der Waals surface area contributed by atoms with Gasteiger partial charge in [-0.15, -0.1) is 0 Å². The largest absolute Gasteiger partial charge is 0.497 e. The van der Waals surface area contributed by atoms with Gasteiger partial charge in [0.15, 0.2) is 0 Å². The number of rotatable bonds is 2. The summed E-state index contributed by atoms with van der Waals surface area (Å²) in [6.07, 6.45) is -0.143. The highest BCUT2D eigenvalue weighted by molar-refractivity contribution is 5.62. The predicted octanol–water partition coefficient (Wildman–Crippen LogP) is 0.885. The number of methoxy groups -OCH3 is 1. The van der Waals surface area contributed by atoms with E-state index in [1.165, 1.54) is 0 Å². The van der Waals surface area contributed by atoms with Crippen LogP contribution in [-0.2, 0) is 0 Å². The molecule has 0 aliphatic carbocycles. The van der Waals surface area contributed by atoms with E-state index in [9.17, 15) is 0 Å². The van der Waals surface area contributed by atoms with Crippen molar-refractivity contribution >= 4 is 5.69 Å². The van der Waals surface area contributed by atoms with Crippen molar-refractivity contribution in [2.45, 2.75) is 6.10 Å². The molecular weight excluding hydrogens is 194 g/mol. The Morgan fingerprint density at radius 3 is 3.07 bits per heavy atom. The Kier molecular flexibility index (Phi) is 2.68. The molecule has 0 saturated carbocycles. The molecule has 1 aliphatic heterocycles. The lowest BCUT2D eigenvalue weighted by Crippen LogP contribution is -2.39. The average molecular weight is 209 g/mol. The Labute approximate surface area is 89.0 Å². The molecule has 1 aromatic rings. The summed E-state index contributed by atoms with van der Waals surface area (Å²) in [6, 6.07) is 5.65. The third-order valence-electron chi connectivity index (χ3n) is 2.55. The van der Waals surface area contributed by atoms with Gasteiger partial charge < -0.3 is 19.5 Å². The molecule has 1 atom stereocenters. The first-order chi connectivity index (χ1) is 7.24. The molecule has 15 heavy (non-hydrogen) atoms. The summed E-state index contributed by atoms with van der Waals surface area (Å²) >= 11 is 0. The summed E-state index contributed by atoms with van der Waals surface area (Å²) < 4.78 is 10.8. The topological polar surface area (TPSA) is 41.9 Å². The fraction of sp³-hybridized carbons (Fsp3) is 0.455. The van der Waals surface area contributed by atoms with Crippen molar-refractivity contribution < 1.29 is 14.6 Å². The summed E-state index contributed by atoms with van der Waals surface area (Å²) in [7, 11) is 3.62. The fourth-order valence-corrected chi connectivity index (χ4v) is 1.74. The number of ether oxygens (including phenoxy) is 2. The molecule has 1 unspecified atom stereocenters. The molecule has 1 aliphatic rings. The Bertz CT molecular complexity index is 354. The fourth-order valence-electron chi connectivity index (χ4n) is 1.74. The minimum atomic E-state index is -0.143. The number of fused-ring (bicyclic) bond motifs is 1. The van der Waals surface area contributed by atoms with E-state index < -0.39 is 0 Å². The zero-order valence-corrected chi connectivity index (χ0v) is 8.93. The molecule has 1 N–H and O–H groups in total. The van der Waals surface area contributed by atoms with Crippen LogP contribution in [0, 0.1) is 0 Å². The molecule has 0 bridgehead atoms. The van der Waals surface area contributed by atoms with E-state index in [1.54, 1.807) is 7.11 Å². The number of anilines is 1. The Hall–Kier alpha value is -1.42. The first-order valence-corrected chi connectivity index (χ1v) is 4.91. The van der Waals surface area contributed by atoms with Gasteiger partial charge in [-0.05, 0) is 12.1 Å². The summed E-state index contributed by atoms with van der Waals surface area (Å²) in [4.78, 5) is 2.06. The lowest BCUT2D eigenvalue weighted by molar-refractivity contribution is 0.113. The second-order valence-corrected chi connectivity index (χ2v) is 3.64. The van der Waals surface area contributed by atoms with Crippen LogP contribution in [0.1, 0.15) is 0 Å². The number of aliphatic hydroxyl groups is 1. The molecule has 0 fully saturated rings. The molecular formula is C11H15NO3. The van der Waals surface area contributed by atoms with Crippen molar-refractivity contribution in [3.05, 3.63) is 18.2 Å². The summed E-state index contributed by atoms with van der Waals surface area (Å²) in [5, 5.41) is 9.06. The second kappa shape index (κ2) is 3.98. The van der Waals surface area contributed by atoms with E-state index in [1.807, 2.05) is 25.2 Å². The van der Waals surface area contributed by atoms with Gasteiger partial charge in [0.2, 0.25) is 0 Å². The smallest absolute Gasteiger partial charge is 0.143 e. The van der Waals surface area contributed by atoms with E-state index in [4.69, 9.17) is 14.6 Å². The summed E-state index contributed by atoms with van der Waals surface area (Å²) in [5.74, 6) is 1.61. The van der Waals surface area contributed by atoms with Crippen molar-refractivity contribution in [2.75, 3.05) is 32.2 Å². The van der Waals surface area contributed by atoms with E-state index >= 15 is 0 Å². The van der Waals surface area contributed by atoms with Gasteiger partial charge in [-0.25, -0.2) is 0 Å². The minimum absolute atomic E-state index is 0.0375. The van der Waals surface area contributed by atoms with Gasteiger partial charge in [0.1, 0.15) is 17.6 Å². The third-order valence-corrected chi connectivity index (χ3v) is 2.55. The quantitative estimate of drug-likeness (QED) is 0.785. The van der Waals surface area contributed by atoms with Crippen LogP contribution in [0.4, 0.5) is 5.69 Å². The number of benzene rings is 1. The highest BCUT2D eigenvalue weighted by atomic mass is 16.5. The van der Waals surface area contributed by atoms with Crippen LogP contribution >= 0.6 is 0 Å². The molecule has 0 saturated heterocycles. The monoisotopic (exact) mass is 209 g/mol. The number of likely N-dealkylation sites (N-methyl/N-ethyl adjacent to an activating group) is 1. The molecule has 0 aromatic heterocycles. The minimum Gasteiger partial charge on any atom is -0.497 e. The molecule has 0 spiro atoms. The molecule has 2 rings (SSSR count). The highest BCUT2D eigenvalue weighted by Crippen LogP contribution is 2.35. The van der Waals surface area contributed by atoms with E-state index in [2.05, 4.69) is 4.90 Å². The highest BCUT2D eigenvalue weighted by Gasteiger charge is 2.22. The molecule has 0 radical (unpaired) electrons. The Morgan fingerprint density at radius 2 is 2.40 bits per heavy atom. The maximum absolute atomic E-state index is 9.06. The molecule has 4 nitrogen and oxygen atoms in total. The van der Waals surface area contributed by atoms with Crippen LogP contribution in [0.25, 0.3) is 0 Å². The Balaban J connectivity index is 2.32. The Morgan fingerprint density at radius 1 is 1.60 bits per heavy atom. The molecule has 0 amide bonds. The maximum Gasteiger partial charge on any atom is 0.143 e. The third kappa shape index (κ3) is 1.85. The molecule has 1 heterocycles. The SMILES string of the molecule is COc1ccc2c(c1)N(C)CC(CO)O2. The summed E-state index contributed by atoms with van der Waals surface area (Å²) in [5.41, 5.74) is 0.999. The molecule has 82 valence electrons. The number of hydrogen-bond acceptors (Lipinski definition) is 4. The van der Waals surface area contributed by atoms with Crippen LogP contribution in [-0.4, -0.2) is 38.5 Å². The first kappa shape index (κ1) is 10.1. The van der Waals surface area contributed by atoms with Crippen LogP contribution < -0.4 is 14.4 Å². The molecule has 4 heteroatoms. The van der Waals surface area contributed by atoms with Gasteiger partial charge in [0, 0.05) is 13.1 Å². The number of hydrogen-bond donors (Lipinski definition) is 1. The van der Waals surface area contributed by atoms with Crippen LogP contribution in [0.5, 0.6) is 11.5 Å². The number of nitrogens with zero attached hydrogens (tertiary/aromatic N) is 1. The van der Waals surface area contributed by atoms with Gasteiger partial charge in [-0.3, -0.25) is 0 Å². The van der Waals surface area contributed by atoms with E-state index in [0.717, 1.165) is 17.2 Å². The van der Waals surface area contributed by atoms with Gasteiger partial charge in [0.25, 0.3) is 0 Å². The van der Waals surface area contributed by atoms with Gasteiger partial charge >= 0.3 is 0 Å². The van der Waals surface area contributed by atoms with Gasteiger partial charge in [-0.1, -0.05) is 0 Å². The standard InChI is InChI=1S/C11H15NO3/c1-12-6-9(7-13)15-11-4-3-8(14-2)5-10(11)12/h3-5,9,13H,6-7H2,1-2H3. The van der Waals surface area contributed by atoms with Crippen LogP contribution in [0.2, 0.25) is 0 Å². The first-order valence-electron chi connectivity index (χ1n) is 4.91. The summed E-state index contributed by atoms with van der Waals surface area (Å²) in [6.45, 7) is 0.729. The van der Waals surface area contributed by atoms with Crippen molar-refractivity contribution in [1.82, 2.24) is 0 Å². The normalized spacial score (nSPS) is 19.4. The lowest BCUT2D eigenvalue weighted by atomic mass is 10.2. The average Bonchev–Trinajstić information content (AvgIpc) is 2.28. The zero-order chi connectivity index (χ0) is 10.8. The lowest BCUT2D eigenvalue weighted by Gasteiger charge is -2.33. The number of aliphatic hydroxyl groups excluding tert-OH is 1. The van der Waals surface area contributed by atoms with Gasteiger partial charge in [-0.2, -0.15) is 0 Å². The predicted molar refractivity (Wildman–Crippen MR) is 57.8 cm³/mol. The van der Waals surface area contributed by atoms with Crippen molar-refractivity contribution in [3.8, 4) is 11.5 Å². The second-order valence-electron chi connectivity index (χ2n) is 3.64. The maximum atomic E-state index is 9.06.